The van der Waals surface area contributed by atoms with Crippen LogP contribution in [-0.4, -0.2) is 30.4 Å². The van der Waals surface area contributed by atoms with E-state index in [9.17, 15) is 4.79 Å². The highest BCUT2D eigenvalue weighted by Gasteiger charge is 2.46. The first-order chi connectivity index (χ1) is 11.0. The fourth-order valence-corrected chi connectivity index (χ4v) is 3.88. The number of rotatable bonds is 5. The summed E-state index contributed by atoms with van der Waals surface area (Å²) >= 11 is 3.48. The third-order valence-corrected chi connectivity index (χ3v) is 5.62. The lowest BCUT2D eigenvalue weighted by Crippen LogP contribution is -2.44. The maximum absolute atomic E-state index is 12.7. The molecule has 0 spiro atoms. The van der Waals surface area contributed by atoms with E-state index in [0.29, 0.717) is 5.92 Å². The molecule has 1 N–H and O–H groups in total. The molecule has 1 aliphatic heterocycles. The molecule has 1 heterocycles. The Morgan fingerprint density at radius 3 is 2.39 bits per heavy atom. The van der Waals surface area contributed by atoms with E-state index >= 15 is 0 Å². The van der Waals surface area contributed by atoms with Crippen LogP contribution in [0.5, 0.6) is 0 Å². The van der Waals surface area contributed by atoms with Crippen LogP contribution in [0, 0.1) is 11.8 Å². The zero-order valence-corrected chi connectivity index (χ0v) is 15.7. The number of nitrogens with zero attached hydrogens (tertiary/aromatic N) is 1. The van der Waals surface area contributed by atoms with Crippen LogP contribution in [0.2, 0.25) is 0 Å². The molecule has 1 saturated carbocycles. The quantitative estimate of drug-likeness (QED) is 0.841. The van der Waals surface area contributed by atoms with Gasteiger partial charge in [-0.3, -0.25) is 4.79 Å². The average molecular weight is 379 g/mol. The molecule has 126 valence electrons. The summed E-state index contributed by atoms with van der Waals surface area (Å²) in [6.45, 7) is 7.78. The number of carbonyl (C=O) groups excluding carboxylic acids is 1. The molecule has 0 aromatic heterocycles. The molecule has 3 rings (SSSR count). The van der Waals surface area contributed by atoms with Gasteiger partial charge in [0.1, 0.15) is 0 Å². The van der Waals surface area contributed by atoms with E-state index in [1.807, 2.05) is 0 Å². The van der Waals surface area contributed by atoms with Crippen molar-refractivity contribution in [3.8, 4) is 0 Å². The van der Waals surface area contributed by atoms with Crippen molar-refractivity contribution in [1.82, 2.24) is 10.2 Å². The van der Waals surface area contributed by atoms with Gasteiger partial charge in [-0.05, 0) is 62.4 Å². The predicted octanol–water partition coefficient (Wildman–Crippen LogP) is 3.92. The number of piperidine rings is 1. The van der Waals surface area contributed by atoms with E-state index in [1.165, 1.54) is 5.56 Å². The highest BCUT2D eigenvalue weighted by Crippen LogP contribution is 2.46. The van der Waals surface area contributed by atoms with Crippen LogP contribution < -0.4 is 5.32 Å². The number of hydrogen-bond acceptors (Lipinski definition) is 2. The summed E-state index contributed by atoms with van der Waals surface area (Å²) in [5.41, 5.74) is 1.15. The summed E-state index contributed by atoms with van der Waals surface area (Å²) < 4.78 is 1.08. The van der Waals surface area contributed by atoms with Gasteiger partial charge in [0.2, 0.25) is 5.91 Å². The van der Waals surface area contributed by atoms with E-state index in [4.69, 9.17) is 0 Å². The SMILES string of the molecule is CC(C)CN1CCC(C(=O)NC2(c3ccc(Br)cc3)CC2)CC1. The second-order valence-corrected chi connectivity index (χ2v) is 8.46. The van der Waals surface area contributed by atoms with E-state index in [0.717, 1.165) is 49.8 Å². The van der Waals surface area contributed by atoms with Crippen molar-refractivity contribution >= 4 is 21.8 Å². The van der Waals surface area contributed by atoms with Crippen LogP contribution in [0.1, 0.15) is 45.1 Å². The Kier molecular flexibility index (Phi) is 5.12. The Morgan fingerprint density at radius 1 is 1.26 bits per heavy atom. The van der Waals surface area contributed by atoms with Gasteiger partial charge in [0.25, 0.3) is 0 Å². The third-order valence-electron chi connectivity index (χ3n) is 5.09. The Bertz CT molecular complexity index is 543. The molecule has 2 fully saturated rings. The minimum Gasteiger partial charge on any atom is -0.346 e. The molecule has 1 saturated heterocycles. The van der Waals surface area contributed by atoms with Crippen molar-refractivity contribution < 1.29 is 4.79 Å². The summed E-state index contributed by atoms with van der Waals surface area (Å²) in [6, 6.07) is 8.38. The van der Waals surface area contributed by atoms with Crippen LogP contribution in [-0.2, 0) is 10.3 Å². The van der Waals surface area contributed by atoms with Crippen molar-refractivity contribution in [2.45, 2.75) is 45.1 Å². The second-order valence-electron chi connectivity index (χ2n) is 7.55. The minimum absolute atomic E-state index is 0.0904. The lowest BCUT2D eigenvalue weighted by molar-refractivity contribution is -0.127. The minimum atomic E-state index is -0.0904. The number of likely N-dealkylation sites (tertiary alicyclic amines) is 1. The molecule has 1 aromatic carbocycles. The van der Waals surface area contributed by atoms with Crippen molar-refractivity contribution in [3.05, 3.63) is 34.3 Å². The predicted molar refractivity (Wildman–Crippen MR) is 97.2 cm³/mol. The van der Waals surface area contributed by atoms with Crippen LogP contribution in [0.25, 0.3) is 0 Å². The van der Waals surface area contributed by atoms with Gasteiger partial charge >= 0.3 is 0 Å². The van der Waals surface area contributed by atoms with E-state index in [2.05, 4.69) is 64.3 Å². The molecule has 0 unspecified atom stereocenters. The number of benzene rings is 1. The summed E-state index contributed by atoms with van der Waals surface area (Å²) in [6.07, 6.45) is 4.11. The maximum Gasteiger partial charge on any atom is 0.223 e. The highest BCUT2D eigenvalue weighted by molar-refractivity contribution is 9.10. The van der Waals surface area contributed by atoms with Gasteiger partial charge in [-0.15, -0.1) is 0 Å². The van der Waals surface area contributed by atoms with Crippen LogP contribution in [0.15, 0.2) is 28.7 Å². The zero-order valence-electron chi connectivity index (χ0n) is 14.1. The van der Waals surface area contributed by atoms with Gasteiger partial charge in [-0.25, -0.2) is 0 Å². The van der Waals surface area contributed by atoms with Crippen LogP contribution in [0.3, 0.4) is 0 Å². The normalized spacial score (nSPS) is 21.4. The first-order valence-corrected chi connectivity index (χ1v) is 9.58. The molecule has 0 bridgehead atoms. The number of nitrogens with one attached hydrogen (secondary N) is 1. The van der Waals surface area contributed by atoms with Gasteiger partial charge in [-0.2, -0.15) is 0 Å². The van der Waals surface area contributed by atoms with Gasteiger partial charge in [0, 0.05) is 16.9 Å². The Balaban J connectivity index is 1.55. The summed E-state index contributed by atoms with van der Waals surface area (Å²) in [7, 11) is 0. The number of amides is 1. The standard InChI is InChI=1S/C19H27BrN2O/c1-14(2)13-22-11-7-15(8-12-22)18(23)21-19(9-10-19)16-3-5-17(20)6-4-16/h3-6,14-15H,7-13H2,1-2H3,(H,21,23). The molecule has 0 atom stereocenters. The smallest absolute Gasteiger partial charge is 0.223 e. The third kappa shape index (κ3) is 4.16. The number of carbonyl (C=O) groups is 1. The van der Waals surface area contributed by atoms with Gasteiger partial charge in [0.15, 0.2) is 0 Å². The van der Waals surface area contributed by atoms with Gasteiger partial charge in [-0.1, -0.05) is 41.9 Å². The molecule has 1 aromatic rings. The van der Waals surface area contributed by atoms with Crippen LogP contribution in [0.4, 0.5) is 0 Å². The molecule has 1 aliphatic carbocycles. The lowest BCUT2D eigenvalue weighted by atomic mass is 9.94. The van der Waals surface area contributed by atoms with E-state index < -0.39 is 0 Å². The van der Waals surface area contributed by atoms with Gasteiger partial charge in [0.05, 0.1) is 5.54 Å². The van der Waals surface area contributed by atoms with Crippen molar-refractivity contribution in [3.63, 3.8) is 0 Å². The maximum atomic E-state index is 12.7. The van der Waals surface area contributed by atoms with Crippen LogP contribution >= 0.6 is 15.9 Å². The molecule has 23 heavy (non-hydrogen) atoms. The Morgan fingerprint density at radius 2 is 1.87 bits per heavy atom. The monoisotopic (exact) mass is 378 g/mol. The molecular formula is C19H27BrN2O. The fraction of sp³-hybridized carbons (Fsp3) is 0.632. The molecule has 3 nitrogen and oxygen atoms in total. The first kappa shape index (κ1) is 17.0. The highest BCUT2D eigenvalue weighted by atomic mass is 79.9. The van der Waals surface area contributed by atoms with Crippen molar-refractivity contribution in [1.29, 1.82) is 0 Å². The molecule has 2 aliphatic rings. The first-order valence-electron chi connectivity index (χ1n) is 8.79. The lowest BCUT2D eigenvalue weighted by Gasteiger charge is -2.33. The van der Waals surface area contributed by atoms with Crippen molar-refractivity contribution in [2.24, 2.45) is 11.8 Å². The largest absolute Gasteiger partial charge is 0.346 e. The number of halogens is 1. The van der Waals surface area contributed by atoms with Gasteiger partial charge < -0.3 is 10.2 Å². The summed E-state index contributed by atoms with van der Waals surface area (Å²) in [5.74, 6) is 1.15. The molecule has 0 radical (unpaired) electrons. The Labute approximate surface area is 148 Å². The molecular weight excluding hydrogens is 352 g/mol. The fourth-order valence-electron chi connectivity index (χ4n) is 3.61. The molecule has 1 amide bonds. The molecule has 4 heteroatoms. The zero-order chi connectivity index (χ0) is 16.4. The van der Waals surface area contributed by atoms with E-state index in [-0.39, 0.29) is 17.4 Å². The topological polar surface area (TPSA) is 32.3 Å². The summed E-state index contributed by atoms with van der Waals surface area (Å²) in [5, 5.41) is 3.36. The van der Waals surface area contributed by atoms with Crippen molar-refractivity contribution in [2.75, 3.05) is 19.6 Å². The number of hydrogen-bond donors (Lipinski definition) is 1. The average Bonchev–Trinajstić information content (AvgIpc) is 3.28. The van der Waals surface area contributed by atoms with E-state index in [1.54, 1.807) is 0 Å². The second kappa shape index (κ2) is 6.94. The summed E-state index contributed by atoms with van der Waals surface area (Å²) in [4.78, 5) is 15.2. The Hall–Kier alpha value is -0.870.